The van der Waals surface area contributed by atoms with Crippen LogP contribution in [-0.2, 0) is 20.9 Å². The molecule has 174 valence electrons. The normalized spacial score (nSPS) is 13.5. The van der Waals surface area contributed by atoms with Crippen molar-refractivity contribution in [3.8, 4) is 5.75 Å². The van der Waals surface area contributed by atoms with Gasteiger partial charge in [-0.05, 0) is 42.3 Å². The van der Waals surface area contributed by atoms with Gasteiger partial charge in [0, 0.05) is 19.2 Å². The highest BCUT2D eigenvalue weighted by Gasteiger charge is 2.30. The third-order valence-corrected chi connectivity index (χ3v) is 5.77. The summed E-state index contributed by atoms with van der Waals surface area (Å²) in [5.41, 5.74) is 3.12. The van der Waals surface area contributed by atoms with Gasteiger partial charge in [-0.1, -0.05) is 54.6 Å². The van der Waals surface area contributed by atoms with Crippen molar-refractivity contribution in [3.63, 3.8) is 0 Å². The summed E-state index contributed by atoms with van der Waals surface area (Å²) >= 11 is 0. The first-order chi connectivity index (χ1) is 16.4. The molecule has 0 aromatic heterocycles. The zero-order valence-electron chi connectivity index (χ0n) is 19.2. The lowest BCUT2D eigenvalue weighted by Gasteiger charge is -2.34. The molecular weight excluding hydrogens is 430 g/mol. The number of para-hydroxylation sites is 2. The fraction of sp³-hybridized carbons (Fsp3) is 0.222. The monoisotopic (exact) mass is 457 g/mol. The summed E-state index contributed by atoms with van der Waals surface area (Å²) in [5.74, 6) is -0.0227. The summed E-state index contributed by atoms with van der Waals surface area (Å²) < 4.78 is 5.51. The first-order valence-corrected chi connectivity index (χ1v) is 11.2. The topological polar surface area (TPSA) is 79.0 Å². The van der Waals surface area contributed by atoms with Crippen LogP contribution < -0.4 is 15.0 Å². The van der Waals surface area contributed by atoms with Gasteiger partial charge in [-0.3, -0.25) is 19.3 Å². The Kier molecular flexibility index (Phi) is 6.92. The first-order valence-electron chi connectivity index (χ1n) is 11.2. The molecule has 0 bridgehead atoms. The second kappa shape index (κ2) is 10.2. The average molecular weight is 458 g/mol. The van der Waals surface area contributed by atoms with E-state index in [0.717, 1.165) is 11.1 Å². The number of hydrogen-bond acceptors (Lipinski definition) is 4. The van der Waals surface area contributed by atoms with Crippen LogP contribution in [0.5, 0.6) is 5.75 Å². The van der Waals surface area contributed by atoms with Gasteiger partial charge < -0.3 is 15.0 Å². The molecule has 1 aliphatic rings. The van der Waals surface area contributed by atoms with Crippen molar-refractivity contribution in [3.05, 3.63) is 90.0 Å². The van der Waals surface area contributed by atoms with Crippen LogP contribution in [0.3, 0.4) is 0 Å². The SMILES string of the molecule is CC(=O)Nc1cccc(C(C)N(Cc2ccccc2)C(=O)CN2C(=O)COc3ccccc32)c1. The lowest BCUT2D eigenvalue weighted by Crippen LogP contribution is -2.46. The van der Waals surface area contributed by atoms with Gasteiger partial charge in [-0.15, -0.1) is 0 Å². The number of rotatable bonds is 7. The molecule has 3 amide bonds. The van der Waals surface area contributed by atoms with Crippen LogP contribution in [0.2, 0.25) is 0 Å². The number of carbonyl (C=O) groups excluding carboxylic acids is 3. The first kappa shape index (κ1) is 23.0. The van der Waals surface area contributed by atoms with Gasteiger partial charge >= 0.3 is 0 Å². The molecular formula is C27H27N3O4. The number of ether oxygens (including phenoxy) is 1. The van der Waals surface area contributed by atoms with Gasteiger partial charge in [0.15, 0.2) is 6.61 Å². The highest BCUT2D eigenvalue weighted by Crippen LogP contribution is 2.32. The van der Waals surface area contributed by atoms with Crippen LogP contribution in [0.4, 0.5) is 11.4 Å². The standard InChI is InChI=1S/C27H27N3O4/c1-19(22-11-8-12-23(15-22)28-20(2)31)29(16-21-9-4-3-5-10-21)26(32)17-30-24-13-6-7-14-25(24)34-18-27(30)33/h3-15,19H,16-18H2,1-2H3,(H,28,31). The third-order valence-electron chi connectivity index (χ3n) is 5.77. The number of benzene rings is 3. The molecule has 1 N–H and O–H groups in total. The zero-order valence-corrected chi connectivity index (χ0v) is 19.2. The summed E-state index contributed by atoms with van der Waals surface area (Å²) in [5, 5.41) is 2.79. The van der Waals surface area contributed by atoms with Crippen LogP contribution in [0, 0.1) is 0 Å². The Morgan fingerprint density at radius 2 is 1.76 bits per heavy atom. The fourth-order valence-electron chi connectivity index (χ4n) is 4.03. The molecule has 7 heteroatoms. The predicted octanol–water partition coefficient (Wildman–Crippen LogP) is 4.16. The van der Waals surface area contributed by atoms with Crippen LogP contribution >= 0.6 is 0 Å². The van der Waals surface area contributed by atoms with Gasteiger partial charge in [0.25, 0.3) is 5.91 Å². The maximum Gasteiger partial charge on any atom is 0.265 e. The van der Waals surface area contributed by atoms with Crippen molar-refractivity contribution < 1.29 is 19.1 Å². The van der Waals surface area contributed by atoms with Crippen LogP contribution in [0.25, 0.3) is 0 Å². The average Bonchev–Trinajstić information content (AvgIpc) is 2.84. The van der Waals surface area contributed by atoms with Crippen LogP contribution in [0.1, 0.15) is 31.0 Å². The molecule has 7 nitrogen and oxygen atoms in total. The molecule has 0 fully saturated rings. The van der Waals surface area contributed by atoms with E-state index >= 15 is 0 Å². The summed E-state index contributed by atoms with van der Waals surface area (Å²) in [7, 11) is 0. The molecule has 4 rings (SSSR count). The highest BCUT2D eigenvalue weighted by atomic mass is 16.5. The highest BCUT2D eigenvalue weighted by molar-refractivity contribution is 6.02. The molecule has 1 heterocycles. The van der Waals surface area contributed by atoms with Gasteiger partial charge in [0.1, 0.15) is 12.3 Å². The second-order valence-corrected chi connectivity index (χ2v) is 8.23. The largest absolute Gasteiger partial charge is 0.482 e. The molecule has 0 aliphatic carbocycles. The fourth-order valence-corrected chi connectivity index (χ4v) is 4.03. The van der Waals surface area contributed by atoms with Gasteiger partial charge in [-0.2, -0.15) is 0 Å². The van der Waals surface area contributed by atoms with E-state index in [1.54, 1.807) is 17.0 Å². The lowest BCUT2D eigenvalue weighted by atomic mass is 10.0. The maximum absolute atomic E-state index is 13.7. The van der Waals surface area contributed by atoms with E-state index in [2.05, 4.69) is 5.32 Å². The summed E-state index contributed by atoms with van der Waals surface area (Å²) in [6.07, 6.45) is 0. The minimum Gasteiger partial charge on any atom is -0.482 e. The Balaban J connectivity index is 1.63. The van der Waals surface area contributed by atoms with Crippen LogP contribution in [-0.4, -0.2) is 35.8 Å². The minimum absolute atomic E-state index is 0.0955. The molecule has 1 aliphatic heterocycles. The van der Waals surface area contributed by atoms with E-state index in [1.165, 1.54) is 11.8 Å². The molecule has 34 heavy (non-hydrogen) atoms. The quantitative estimate of drug-likeness (QED) is 0.578. The van der Waals surface area contributed by atoms with E-state index in [1.807, 2.05) is 73.7 Å². The number of hydrogen-bond donors (Lipinski definition) is 1. The third kappa shape index (κ3) is 5.26. The number of anilines is 2. The Morgan fingerprint density at radius 3 is 2.53 bits per heavy atom. The van der Waals surface area contributed by atoms with Gasteiger partial charge in [-0.25, -0.2) is 0 Å². The van der Waals surface area contributed by atoms with Crippen molar-refractivity contribution in [2.75, 3.05) is 23.4 Å². The predicted molar refractivity (Wildman–Crippen MR) is 130 cm³/mol. The maximum atomic E-state index is 13.7. The Labute approximate surface area is 198 Å². The summed E-state index contributed by atoms with van der Waals surface area (Å²) in [4.78, 5) is 41.1. The van der Waals surface area contributed by atoms with Crippen molar-refractivity contribution in [1.29, 1.82) is 0 Å². The van der Waals surface area contributed by atoms with E-state index in [0.29, 0.717) is 23.7 Å². The van der Waals surface area contributed by atoms with E-state index < -0.39 is 0 Å². The smallest absolute Gasteiger partial charge is 0.265 e. The summed E-state index contributed by atoms with van der Waals surface area (Å²) in [6.45, 7) is 3.59. The molecule has 1 unspecified atom stereocenters. The Morgan fingerprint density at radius 1 is 1.03 bits per heavy atom. The molecule has 3 aromatic carbocycles. The number of carbonyl (C=O) groups is 3. The number of nitrogens with one attached hydrogen (secondary N) is 1. The van der Waals surface area contributed by atoms with Crippen molar-refractivity contribution in [2.24, 2.45) is 0 Å². The van der Waals surface area contributed by atoms with Crippen LogP contribution in [0.15, 0.2) is 78.9 Å². The zero-order chi connectivity index (χ0) is 24.1. The van der Waals surface area contributed by atoms with E-state index in [9.17, 15) is 14.4 Å². The molecule has 0 saturated carbocycles. The number of amides is 3. The minimum atomic E-state index is -0.298. The Bertz CT molecular complexity index is 1200. The van der Waals surface area contributed by atoms with Crippen molar-refractivity contribution >= 4 is 29.1 Å². The van der Waals surface area contributed by atoms with Crippen molar-refractivity contribution in [2.45, 2.75) is 26.4 Å². The van der Waals surface area contributed by atoms with E-state index in [4.69, 9.17) is 4.74 Å². The van der Waals surface area contributed by atoms with Gasteiger partial charge in [0.2, 0.25) is 11.8 Å². The summed E-state index contributed by atoms with van der Waals surface area (Å²) in [6, 6.07) is 24.1. The molecule has 0 radical (unpaired) electrons. The molecule has 3 aromatic rings. The molecule has 0 saturated heterocycles. The number of nitrogens with zero attached hydrogens (tertiary/aromatic N) is 2. The van der Waals surface area contributed by atoms with E-state index in [-0.39, 0.29) is 36.9 Å². The Hall–Kier alpha value is -4.13. The molecule has 1 atom stereocenters. The number of fused-ring (bicyclic) bond motifs is 1. The van der Waals surface area contributed by atoms with Crippen molar-refractivity contribution in [1.82, 2.24) is 4.90 Å². The lowest BCUT2D eigenvalue weighted by molar-refractivity contribution is -0.134. The second-order valence-electron chi connectivity index (χ2n) is 8.23. The van der Waals surface area contributed by atoms with Gasteiger partial charge in [0.05, 0.1) is 11.7 Å². The molecule has 0 spiro atoms.